The molecule has 1 heterocycles. The van der Waals surface area contributed by atoms with Crippen molar-refractivity contribution in [1.82, 2.24) is 5.32 Å². The number of para-hydroxylation sites is 1. The fraction of sp³-hybridized carbons (Fsp3) is 0.400. The first-order chi connectivity index (χ1) is 15.6. The lowest BCUT2D eigenvalue weighted by Gasteiger charge is -2.13. The average Bonchev–Trinajstić information content (AvgIpc) is 3.34. The van der Waals surface area contributed by atoms with E-state index in [0.717, 1.165) is 32.3 Å². The molecule has 0 aromatic heterocycles. The van der Waals surface area contributed by atoms with Crippen molar-refractivity contribution in [2.24, 2.45) is 0 Å². The molecule has 3 rings (SSSR count). The Bertz CT molecular complexity index is 894. The number of aryl methyl sites for hydroxylation is 1. The van der Waals surface area contributed by atoms with Crippen LogP contribution in [0.3, 0.4) is 0 Å². The van der Waals surface area contributed by atoms with Gasteiger partial charge in [0.2, 0.25) is 5.91 Å². The van der Waals surface area contributed by atoms with Crippen molar-refractivity contribution >= 4 is 23.5 Å². The average molecular weight is 439 g/mol. The first-order valence-electron chi connectivity index (χ1n) is 11.1. The molecule has 0 bridgehead atoms. The van der Waals surface area contributed by atoms with E-state index in [9.17, 15) is 14.4 Å². The summed E-state index contributed by atoms with van der Waals surface area (Å²) in [4.78, 5) is 36.7. The normalized spacial score (nSPS) is 15.2. The Morgan fingerprint density at radius 3 is 2.56 bits per heavy atom. The summed E-state index contributed by atoms with van der Waals surface area (Å²) >= 11 is 0. The molecular formula is C25H30N2O5. The van der Waals surface area contributed by atoms with Gasteiger partial charge in [-0.3, -0.25) is 14.4 Å². The van der Waals surface area contributed by atoms with E-state index < -0.39 is 5.97 Å². The molecule has 7 nitrogen and oxygen atoms in total. The molecule has 32 heavy (non-hydrogen) atoms. The maximum Gasteiger partial charge on any atom is 0.306 e. The lowest BCUT2D eigenvalue weighted by molar-refractivity contribution is -0.144. The number of hydrogen-bond acceptors (Lipinski definition) is 5. The van der Waals surface area contributed by atoms with Crippen LogP contribution in [0.4, 0.5) is 5.69 Å². The molecule has 170 valence electrons. The molecule has 1 unspecified atom stereocenters. The summed E-state index contributed by atoms with van der Waals surface area (Å²) in [6, 6.07) is 16.8. The highest BCUT2D eigenvalue weighted by Crippen LogP contribution is 2.16. The molecule has 2 aromatic rings. The van der Waals surface area contributed by atoms with Crippen LogP contribution in [-0.2, 0) is 25.5 Å². The number of ether oxygens (including phenoxy) is 2. The quantitative estimate of drug-likeness (QED) is 0.414. The van der Waals surface area contributed by atoms with Crippen molar-refractivity contribution in [2.75, 3.05) is 25.1 Å². The third-order valence-electron chi connectivity index (χ3n) is 5.23. The smallest absolute Gasteiger partial charge is 0.306 e. The Kier molecular flexibility index (Phi) is 9.25. The van der Waals surface area contributed by atoms with Gasteiger partial charge in [-0.15, -0.1) is 0 Å². The van der Waals surface area contributed by atoms with Gasteiger partial charge in [0.25, 0.3) is 5.91 Å². The van der Waals surface area contributed by atoms with Crippen LogP contribution >= 0.6 is 0 Å². The van der Waals surface area contributed by atoms with E-state index >= 15 is 0 Å². The molecule has 1 atom stereocenters. The van der Waals surface area contributed by atoms with Crippen molar-refractivity contribution < 1.29 is 23.9 Å². The van der Waals surface area contributed by atoms with Crippen LogP contribution in [-0.4, -0.2) is 43.6 Å². The molecule has 7 heteroatoms. The minimum atomic E-state index is -0.407. The minimum Gasteiger partial charge on any atom is -0.466 e. The molecule has 0 saturated carbocycles. The highest BCUT2D eigenvalue weighted by atomic mass is 16.5. The number of carbonyl (C=O) groups is 3. The Morgan fingerprint density at radius 1 is 1.00 bits per heavy atom. The summed E-state index contributed by atoms with van der Waals surface area (Å²) in [6.45, 7) is 1.49. The van der Waals surface area contributed by atoms with Crippen LogP contribution in [0, 0.1) is 0 Å². The standard InChI is InChI=1S/C25H30N2O5/c28-23(14-15-24(29)32-17-6-10-19-8-2-1-3-9-19)27-22-13-5-4-12-21(22)25(30)26-18-20-11-7-16-31-20/h1-5,8-9,12-13,20H,6-7,10-11,14-18H2,(H,26,30)(H,27,28). The number of amides is 2. The third-order valence-corrected chi connectivity index (χ3v) is 5.23. The molecule has 0 aliphatic carbocycles. The van der Waals surface area contributed by atoms with Crippen LogP contribution in [0.15, 0.2) is 54.6 Å². The third kappa shape index (κ3) is 7.81. The Labute approximate surface area is 188 Å². The second-order valence-electron chi connectivity index (χ2n) is 7.75. The molecule has 2 N–H and O–H groups in total. The van der Waals surface area contributed by atoms with Gasteiger partial charge in [-0.25, -0.2) is 0 Å². The van der Waals surface area contributed by atoms with Crippen LogP contribution in [0.25, 0.3) is 0 Å². The van der Waals surface area contributed by atoms with Gasteiger partial charge in [0.05, 0.1) is 30.4 Å². The van der Waals surface area contributed by atoms with E-state index in [-0.39, 0.29) is 30.8 Å². The van der Waals surface area contributed by atoms with Gasteiger partial charge >= 0.3 is 5.97 Å². The SMILES string of the molecule is O=C(CCC(=O)OCCCc1ccccc1)Nc1ccccc1C(=O)NCC1CCCO1. The summed E-state index contributed by atoms with van der Waals surface area (Å²) in [7, 11) is 0. The molecule has 1 aliphatic rings. The fourth-order valence-corrected chi connectivity index (χ4v) is 3.50. The van der Waals surface area contributed by atoms with E-state index in [1.54, 1.807) is 24.3 Å². The number of hydrogen-bond donors (Lipinski definition) is 2. The number of esters is 1. The lowest BCUT2D eigenvalue weighted by atomic mass is 10.1. The predicted octanol–water partition coefficient (Wildman–Crippen LogP) is 3.49. The summed E-state index contributed by atoms with van der Waals surface area (Å²) in [5, 5.41) is 5.58. The molecule has 2 aromatic carbocycles. The maximum atomic E-state index is 12.5. The topological polar surface area (TPSA) is 93.7 Å². The van der Waals surface area contributed by atoms with Gasteiger partial charge in [0, 0.05) is 19.6 Å². The zero-order chi connectivity index (χ0) is 22.6. The van der Waals surface area contributed by atoms with Crippen molar-refractivity contribution in [2.45, 2.75) is 44.6 Å². The van der Waals surface area contributed by atoms with Crippen molar-refractivity contribution in [3.63, 3.8) is 0 Å². The molecule has 1 saturated heterocycles. The van der Waals surface area contributed by atoms with E-state index in [0.29, 0.717) is 24.4 Å². The first-order valence-corrected chi connectivity index (χ1v) is 11.1. The summed E-state index contributed by atoms with van der Waals surface area (Å²) < 4.78 is 10.7. The van der Waals surface area contributed by atoms with Gasteiger partial charge < -0.3 is 20.1 Å². The minimum absolute atomic E-state index is 0.00937. The zero-order valence-electron chi connectivity index (χ0n) is 18.2. The number of anilines is 1. The zero-order valence-corrected chi connectivity index (χ0v) is 18.2. The van der Waals surface area contributed by atoms with E-state index in [4.69, 9.17) is 9.47 Å². The Hall–Kier alpha value is -3.19. The summed E-state index contributed by atoms with van der Waals surface area (Å²) in [6.07, 6.45) is 3.52. The number of nitrogens with one attached hydrogen (secondary N) is 2. The highest BCUT2D eigenvalue weighted by molar-refractivity contribution is 6.04. The van der Waals surface area contributed by atoms with E-state index in [2.05, 4.69) is 10.6 Å². The second-order valence-corrected chi connectivity index (χ2v) is 7.75. The predicted molar refractivity (Wildman–Crippen MR) is 121 cm³/mol. The summed E-state index contributed by atoms with van der Waals surface area (Å²) in [5.74, 6) is -1.02. The van der Waals surface area contributed by atoms with Gasteiger partial charge in [0.15, 0.2) is 0 Å². The number of rotatable bonds is 11. The van der Waals surface area contributed by atoms with Crippen molar-refractivity contribution in [3.05, 3.63) is 65.7 Å². The van der Waals surface area contributed by atoms with Crippen molar-refractivity contribution in [3.8, 4) is 0 Å². The van der Waals surface area contributed by atoms with E-state index in [1.807, 2.05) is 30.3 Å². The Balaban J connectivity index is 1.37. The second kappa shape index (κ2) is 12.6. The molecule has 0 radical (unpaired) electrons. The molecular weight excluding hydrogens is 408 g/mol. The van der Waals surface area contributed by atoms with Crippen LogP contribution < -0.4 is 10.6 Å². The molecule has 1 fully saturated rings. The molecule has 1 aliphatic heterocycles. The summed E-state index contributed by atoms with van der Waals surface area (Å²) in [5.41, 5.74) is 1.99. The Morgan fingerprint density at radius 2 is 1.78 bits per heavy atom. The van der Waals surface area contributed by atoms with Crippen molar-refractivity contribution in [1.29, 1.82) is 0 Å². The fourth-order valence-electron chi connectivity index (χ4n) is 3.50. The highest BCUT2D eigenvalue weighted by Gasteiger charge is 2.18. The van der Waals surface area contributed by atoms with Gasteiger partial charge in [-0.1, -0.05) is 42.5 Å². The largest absolute Gasteiger partial charge is 0.466 e. The monoisotopic (exact) mass is 438 g/mol. The van der Waals surface area contributed by atoms with Gasteiger partial charge in [-0.05, 0) is 43.4 Å². The number of benzene rings is 2. The molecule has 0 spiro atoms. The maximum absolute atomic E-state index is 12.5. The van der Waals surface area contributed by atoms with Gasteiger partial charge in [-0.2, -0.15) is 0 Å². The van der Waals surface area contributed by atoms with Gasteiger partial charge in [0.1, 0.15) is 0 Å². The van der Waals surface area contributed by atoms with Crippen LogP contribution in [0.5, 0.6) is 0 Å². The van der Waals surface area contributed by atoms with Crippen LogP contribution in [0.1, 0.15) is 48.0 Å². The van der Waals surface area contributed by atoms with Crippen LogP contribution in [0.2, 0.25) is 0 Å². The lowest BCUT2D eigenvalue weighted by Crippen LogP contribution is -2.32. The molecule has 2 amide bonds. The number of carbonyl (C=O) groups excluding carboxylic acids is 3. The first kappa shape index (κ1) is 23.5. The van der Waals surface area contributed by atoms with E-state index in [1.165, 1.54) is 5.56 Å².